The van der Waals surface area contributed by atoms with Crippen molar-refractivity contribution < 1.29 is 23.9 Å². The summed E-state index contributed by atoms with van der Waals surface area (Å²) in [5.41, 5.74) is 0.696. The Hall–Kier alpha value is -5.33. The largest absolute Gasteiger partial charge is 0.442 e. The average molecular weight is 705 g/mol. The summed E-state index contributed by atoms with van der Waals surface area (Å²) in [5.74, 6) is -0.247. The van der Waals surface area contributed by atoms with Gasteiger partial charge < -0.3 is 25.4 Å². The number of rotatable bonds is 6. The van der Waals surface area contributed by atoms with Crippen LogP contribution in [0, 0.1) is 0 Å². The van der Waals surface area contributed by atoms with E-state index in [9.17, 15) is 14.4 Å². The van der Waals surface area contributed by atoms with Crippen molar-refractivity contribution in [3.05, 3.63) is 112 Å². The van der Waals surface area contributed by atoms with Crippen molar-refractivity contribution in [3.8, 4) is 0 Å². The number of halogens is 2. The van der Waals surface area contributed by atoms with Gasteiger partial charge in [-0.15, -0.1) is 0 Å². The molecule has 0 saturated carbocycles. The van der Waals surface area contributed by atoms with Crippen LogP contribution in [0.4, 0.5) is 26.7 Å². The first-order valence-electron chi connectivity index (χ1n) is 15.0. The zero-order valence-corrected chi connectivity index (χ0v) is 29.2. The Morgan fingerprint density at radius 3 is 1.51 bits per heavy atom. The monoisotopic (exact) mass is 703 g/mol. The molecule has 2 heterocycles. The summed E-state index contributed by atoms with van der Waals surface area (Å²) in [5, 5.41) is 9.15. The highest BCUT2D eigenvalue weighted by molar-refractivity contribution is 6.36. The number of carbonyl (C=O) groups is 3. The Bertz CT molecular complexity index is 1890. The van der Waals surface area contributed by atoms with Gasteiger partial charge in [0.05, 0.1) is 21.3 Å². The first-order chi connectivity index (χ1) is 23.1. The molecule has 49 heavy (non-hydrogen) atoms. The van der Waals surface area contributed by atoms with E-state index in [4.69, 9.17) is 32.7 Å². The second-order valence-corrected chi connectivity index (χ2v) is 13.2. The molecule has 3 N–H and O–H groups in total. The molecule has 4 rings (SSSR count). The molecule has 0 spiro atoms. The predicted molar refractivity (Wildman–Crippen MR) is 192 cm³/mol. The highest BCUT2D eigenvalue weighted by Gasteiger charge is 2.20. The fraction of sp³-hybridized carbons (Fsp3) is 0.229. The lowest BCUT2D eigenvalue weighted by molar-refractivity contribution is 0.0592. The Morgan fingerprint density at radius 2 is 1.10 bits per heavy atom. The number of amidine groups is 2. The number of aliphatic imine (C=N–C) groups is 2. The molecule has 0 aliphatic rings. The van der Waals surface area contributed by atoms with Gasteiger partial charge >= 0.3 is 12.2 Å². The summed E-state index contributed by atoms with van der Waals surface area (Å²) >= 11 is 13.1. The number of anilines is 3. The zero-order valence-electron chi connectivity index (χ0n) is 27.7. The van der Waals surface area contributed by atoms with Gasteiger partial charge in [-0.25, -0.2) is 9.59 Å². The number of benzene rings is 2. The molecule has 0 unspecified atom stereocenters. The van der Waals surface area contributed by atoms with Crippen LogP contribution in [0.2, 0.25) is 10.0 Å². The van der Waals surface area contributed by atoms with Crippen molar-refractivity contribution in [1.82, 2.24) is 9.97 Å². The number of nitrogens with zero attached hydrogens (tertiary/aromatic N) is 4. The number of amides is 3. The standard InChI is InChI=1S/C35H35Cl2N7O5/c1-34(2,3)48-32(46)43-29(27-11-7-9-17-38-27)40-21-13-15-23(24(36)19-21)31(45)42-26-16-14-22(20-25(26)37)41-30(28-12-8-10-18-39-28)44-33(47)49-35(4,5)6/h7-20H,1-6H3,(H,42,45)(H,40,43,46)(H,41,44,47). The molecule has 0 saturated heterocycles. The number of carbonyl (C=O) groups excluding carboxylic acids is 3. The highest BCUT2D eigenvalue weighted by atomic mass is 35.5. The second-order valence-electron chi connectivity index (χ2n) is 12.4. The van der Waals surface area contributed by atoms with E-state index in [-0.39, 0.29) is 27.3 Å². The maximum atomic E-state index is 13.2. The van der Waals surface area contributed by atoms with Gasteiger partial charge in [0.15, 0.2) is 11.7 Å². The quantitative estimate of drug-likeness (QED) is 0.132. The Morgan fingerprint density at radius 1 is 0.633 bits per heavy atom. The fourth-order valence-electron chi connectivity index (χ4n) is 3.99. The lowest BCUT2D eigenvalue weighted by Crippen LogP contribution is -2.24. The molecule has 0 aliphatic heterocycles. The van der Waals surface area contributed by atoms with Gasteiger partial charge in [-0.05, 0) is 102 Å². The number of ether oxygens (including phenoxy) is 2. The number of hydrogen-bond acceptors (Lipinski definition) is 7. The number of aromatic nitrogens is 2. The van der Waals surface area contributed by atoms with Gasteiger partial charge in [0.2, 0.25) is 0 Å². The van der Waals surface area contributed by atoms with Crippen LogP contribution in [0.25, 0.3) is 0 Å². The molecule has 4 aromatic rings. The SMILES string of the molecule is CC(C)(C)OC(=O)/N=C(/Nc1ccc(NC(=O)c2ccc(N/C(=N/C(=O)OC(C)(C)C)c3ccccn3)cc2Cl)c(Cl)c1)c1ccccn1. The van der Waals surface area contributed by atoms with Crippen molar-refractivity contribution in [3.63, 3.8) is 0 Å². The van der Waals surface area contributed by atoms with Crippen molar-refractivity contribution in [2.45, 2.75) is 52.7 Å². The van der Waals surface area contributed by atoms with Crippen molar-refractivity contribution in [2.75, 3.05) is 16.0 Å². The number of nitrogens with one attached hydrogen (secondary N) is 3. The second kappa shape index (κ2) is 15.7. The fourth-order valence-corrected chi connectivity index (χ4v) is 4.48. The van der Waals surface area contributed by atoms with Gasteiger partial charge in [0.25, 0.3) is 5.91 Å². The summed E-state index contributed by atoms with van der Waals surface area (Å²) in [6.07, 6.45) is 1.53. The van der Waals surface area contributed by atoms with E-state index in [2.05, 4.69) is 35.9 Å². The van der Waals surface area contributed by atoms with Crippen molar-refractivity contribution in [2.24, 2.45) is 9.98 Å². The highest BCUT2D eigenvalue weighted by Crippen LogP contribution is 2.28. The summed E-state index contributed by atoms with van der Waals surface area (Å²) in [6.45, 7) is 10.4. The van der Waals surface area contributed by atoms with Crippen LogP contribution in [0.15, 0.2) is 95.2 Å². The predicted octanol–water partition coefficient (Wildman–Crippen LogP) is 8.62. The van der Waals surface area contributed by atoms with E-state index in [1.807, 2.05) is 0 Å². The maximum Gasteiger partial charge on any atom is 0.436 e. The van der Waals surface area contributed by atoms with Gasteiger partial charge in [-0.2, -0.15) is 9.98 Å². The topological polar surface area (TPSA) is 156 Å². The summed E-state index contributed by atoms with van der Waals surface area (Å²) in [6, 6.07) is 19.8. The Labute approximate surface area is 294 Å². The minimum absolute atomic E-state index is 0.118. The van der Waals surface area contributed by atoms with E-state index in [1.54, 1.807) is 115 Å². The minimum Gasteiger partial charge on any atom is -0.442 e. The molecule has 0 aliphatic carbocycles. The third kappa shape index (κ3) is 11.4. The third-order valence-corrected chi connectivity index (χ3v) is 6.59. The van der Waals surface area contributed by atoms with Gasteiger partial charge in [-0.1, -0.05) is 35.3 Å². The normalized spacial score (nSPS) is 12.2. The number of hydrogen-bond donors (Lipinski definition) is 3. The van der Waals surface area contributed by atoms with E-state index in [0.29, 0.717) is 28.5 Å². The zero-order chi connectivity index (χ0) is 35.8. The molecule has 0 radical (unpaired) electrons. The first-order valence-corrected chi connectivity index (χ1v) is 15.7. The minimum atomic E-state index is -0.802. The van der Waals surface area contributed by atoms with Crippen LogP contribution in [-0.4, -0.2) is 50.9 Å². The molecule has 2 aromatic carbocycles. The van der Waals surface area contributed by atoms with E-state index < -0.39 is 29.3 Å². The van der Waals surface area contributed by atoms with Crippen LogP contribution in [-0.2, 0) is 9.47 Å². The van der Waals surface area contributed by atoms with Crippen molar-refractivity contribution >= 4 is 70.0 Å². The number of pyridine rings is 2. The third-order valence-electron chi connectivity index (χ3n) is 5.96. The molecule has 14 heteroatoms. The van der Waals surface area contributed by atoms with Crippen LogP contribution >= 0.6 is 23.2 Å². The summed E-state index contributed by atoms with van der Waals surface area (Å²) in [4.78, 5) is 54.8. The molecule has 3 amide bonds. The molecule has 0 fully saturated rings. The van der Waals surface area contributed by atoms with E-state index in [1.165, 1.54) is 12.1 Å². The van der Waals surface area contributed by atoms with E-state index in [0.717, 1.165) is 0 Å². The van der Waals surface area contributed by atoms with Crippen LogP contribution in [0.1, 0.15) is 63.3 Å². The molecule has 254 valence electrons. The molecule has 12 nitrogen and oxygen atoms in total. The maximum absolute atomic E-state index is 13.2. The lowest BCUT2D eigenvalue weighted by Gasteiger charge is -2.18. The molecular formula is C35H35Cl2N7O5. The Kier molecular flexibility index (Phi) is 11.7. The van der Waals surface area contributed by atoms with Crippen LogP contribution < -0.4 is 16.0 Å². The molecule has 0 atom stereocenters. The Balaban J connectivity index is 1.50. The summed E-state index contributed by atoms with van der Waals surface area (Å²) in [7, 11) is 0. The molecular weight excluding hydrogens is 669 g/mol. The average Bonchev–Trinajstić information content (AvgIpc) is 3.01. The first kappa shape index (κ1) is 36.5. The summed E-state index contributed by atoms with van der Waals surface area (Å²) < 4.78 is 10.7. The molecule has 0 bridgehead atoms. The van der Waals surface area contributed by atoms with Gasteiger partial charge in [-0.3, -0.25) is 14.8 Å². The van der Waals surface area contributed by atoms with Crippen LogP contribution in [0.3, 0.4) is 0 Å². The van der Waals surface area contributed by atoms with Gasteiger partial charge in [0, 0.05) is 23.8 Å². The van der Waals surface area contributed by atoms with Gasteiger partial charge in [0.1, 0.15) is 22.6 Å². The smallest absolute Gasteiger partial charge is 0.436 e. The van der Waals surface area contributed by atoms with Crippen molar-refractivity contribution in [1.29, 1.82) is 0 Å². The molecule has 2 aromatic heterocycles. The van der Waals surface area contributed by atoms with Crippen LogP contribution in [0.5, 0.6) is 0 Å². The van der Waals surface area contributed by atoms with E-state index >= 15 is 0 Å². The lowest BCUT2D eigenvalue weighted by atomic mass is 10.1.